The third-order valence-corrected chi connectivity index (χ3v) is 7.57. The number of carbonyl (C=O) groups is 1. The molecule has 1 atom stereocenters. The fraction of sp³-hybridized carbons (Fsp3) is 0.278. The number of sulfone groups is 1. The number of benzene rings is 2. The van der Waals surface area contributed by atoms with Crippen LogP contribution < -0.4 is 14.8 Å². The minimum Gasteiger partial charge on any atom is -0.454 e. The van der Waals surface area contributed by atoms with Crippen molar-refractivity contribution in [2.75, 3.05) is 23.6 Å². The molecular formula is C18H17NO5S2. The highest BCUT2D eigenvalue weighted by molar-refractivity contribution is 8.02. The minimum atomic E-state index is -2.95. The Morgan fingerprint density at radius 3 is 2.73 bits per heavy atom. The highest BCUT2D eigenvalue weighted by Crippen LogP contribution is 2.35. The Morgan fingerprint density at radius 2 is 1.92 bits per heavy atom. The van der Waals surface area contributed by atoms with E-state index in [1.165, 1.54) is 11.8 Å². The summed E-state index contributed by atoms with van der Waals surface area (Å²) in [6, 6.07) is 12.5. The molecule has 1 unspecified atom stereocenters. The largest absolute Gasteiger partial charge is 0.454 e. The number of anilines is 1. The van der Waals surface area contributed by atoms with Gasteiger partial charge in [0.15, 0.2) is 21.3 Å². The van der Waals surface area contributed by atoms with Gasteiger partial charge < -0.3 is 14.8 Å². The predicted octanol–water partition coefficient (Wildman–Crippen LogP) is 2.95. The smallest absolute Gasteiger partial charge is 0.256 e. The Labute approximate surface area is 155 Å². The quantitative estimate of drug-likeness (QED) is 0.863. The Kier molecular flexibility index (Phi) is 4.54. The van der Waals surface area contributed by atoms with Gasteiger partial charge in [-0.15, -0.1) is 11.8 Å². The first-order chi connectivity index (χ1) is 12.5. The lowest BCUT2D eigenvalue weighted by Gasteiger charge is -2.13. The third kappa shape index (κ3) is 3.66. The first-order valence-electron chi connectivity index (χ1n) is 8.17. The monoisotopic (exact) mass is 391 g/mol. The number of hydrogen-bond donors (Lipinski definition) is 1. The zero-order valence-corrected chi connectivity index (χ0v) is 15.4. The van der Waals surface area contributed by atoms with Crippen LogP contribution in [-0.2, 0) is 9.84 Å². The normalized spacial score (nSPS) is 20.1. The van der Waals surface area contributed by atoms with E-state index in [0.29, 0.717) is 29.2 Å². The summed E-state index contributed by atoms with van der Waals surface area (Å²) in [5.74, 6) is 1.39. The first-order valence-corrected chi connectivity index (χ1v) is 10.9. The highest BCUT2D eigenvalue weighted by Gasteiger charge is 2.29. The molecule has 0 spiro atoms. The van der Waals surface area contributed by atoms with Crippen LogP contribution in [0.3, 0.4) is 0 Å². The van der Waals surface area contributed by atoms with Gasteiger partial charge in [0.2, 0.25) is 6.79 Å². The van der Waals surface area contributed by atoms with E-state index in [2.05, 4.69) is 5.32 Å². The first kappa shape index (κ1) is 17.2. The molecule has 8 heteroatoms. The van der Waals surface area contributed by atoms with Gasteiger partial charge in [-0.3, -0.25) is 4.79 Å². The molecule has 1 N–H and O–H groups in total. The lowest BCUT2D eigenvalue weighted by molar-refractivity contribution is 0.102. The van der Waals surface area contributed by atoms with Crippen LogP contribution in [-0.4, -0.2) is 37.9 Å². The van der Waals surface area contributed by atoms with E-state index in [9.17, 15) is 13.2 Å². The van der Waals surface area contributed by atoms with Gasteiger partial charge in [0, 0.05) is 21.9 Å². The van der Waals surface area contributed by atoms with Crippen molar-refractivity contribution in [2.24, 2.45) is 0 Å². The van der Waals surface area contributed by atoms with Crippen molar-refractivity contribution in [1.82, 2.24) is 0 Å². The summed E-state index contributed by atoms with van der Waals surface area (Å²) in [5, 5.41) is 2.85. The molecule has 0 radical (unpaired) electrons. The van der Waals surface area contributed by atoms with Crippen molar-refractivity contribution in [1.29, 1.82) is 0 Å². The minimum absolute atomic E-state index is 0.0144. The van der Waals surface area contributed by atoms with Crippen LogP contribution in [0.25, 0.3) is 0 Å². The van der Waals surface area contributed by atoms with Gasteiger partial charge in [-0.1, -0.05) is 12.1 Å². The molecule has 2 aliphatic rings. The summed E-state index contributed by atoms with van der Waals surface area (Å²) in [4.78, 5) is 13.5. The number of amides is 1. The average molecular weight is 391 g/mol. The van der Waals surface area contributed by atoms with Gasteiger partial charge >= 0.3 is 0 Å². The summed E-state index contributed by atoms with van der Waals surface area (Å²) < 4.78 is 33.9. The van der Waals surface area contributed by atoms with Crippen molar-refractivity contribution in [3.63, 3.8) is 0 Å². The van der Waals surface area contributed by atoms with Crippen LogP contribution in [0.4, 0.5) is 5.69 Å². The summed E-state index contributed by atoms with van der Waals surface area (Å²) >= 11 is 1.45. The Hall–Kier alpha value is -2.19. The van der Waals surface area contributed by atoms with Gasteiger partial charge in [0.25, 0.3) is 5.91 Å². The maximum Gasteiger partial charge on any atom is 0.256 e. The number of rotatable bonds is 4. The lowest BCUT2D eigenvalue weighted by atomic mass is 10.2. The lowest BCUT2D eigenvalue weighted by Crippen LogP contribution is -2.14. The fourth-order valence-corrected chi connectivity index (χ4v) is 6.59. The SMILES string of the molecule is O=C(Nc1ccc2c(c1)OCO2)c1ccccc1SC1CCS(=O)(=O)C1. The second-order valence-electron chi connectivity index (χ2n) is 6.16. The van der Waals surface area contributed by atoms with Crippen molar-refractivity contribution in [2.45, 2.75) is 16.6 Å². The zero-order chi connectivity index (χ0) is 18.1. The average Bonchev–Trinajstić information content (AvgIpc) is 3.20. The standard InChI is InChI=1S/C18H17NO5S2/c20-18(19-12-5-6-15-16(9-12)24-11-23-15)14-3-1-2-4-17(14)25-13-7-8-26(21,22)10-13/h1-6,9,13H,7-8,10-11H2,(H,19,20). The van der Waals surface area contributed by atoms with E-state index in [-0.39, 0.29) is 29.5 Å². The third-order valence-electron chi connectivity index (χ3n) is 4.25. The van der Waals surface area contributed by atoms with Gasteiger partial charge in [0.05, 0.1) is 17.1 Å². The summed E-state index contributed by atoms with van der Waals surface area (Å²) in [5.41, 5.74) is 1.14. The highest BCUT2D eigenvalue weighted by atomic mass is 32.2. The number of carbonyl (C=O) groups excluding carboxylic acids is 1. The molecule has 26 heavy (non-hydrogen) atoms. The van der Waals surface area contributed by atoms with Crippen LogP contribution in [0.1, 0.15) is 16.8 Å². The number of nitrogens with one attached hydrogen (secondary N) is 1. The van der Waals surface area contributed by atoms with Gasteiger partial charge in [-0.05, 0) is 30.7 Å². The topological polar surface area (TPSA) is 81.7 Å². The summed E-state index contributed by atoms with van der Waals surface area (Å²) in [6.45, 7) is 0.177. The van der Waals surface area contributed by atoms with Crippen LogP contribution in [0.15, 0.2) is 47.4 Å². The molecule has 4 rings (SSSR count). The molecule has 0 aromatic heterocycles. The molecule has 0 aliphatic carbocycles. The van der Waals surface area contributed by atoms with Gasteiger partial charge in [0.1, 0.15) is 0 Å². The number of thioether (sulfide) groups is 1. The summed E-state index contributed by atoms with van der Waals surface area (Å²) in [6.07, 6.45) is 0.616. The Balaban J connectivity index is 1.51. The Morgan fingerprint density at radius 1 is 1.12 bits per heavy atom. The molecule has 1 fully saturated rings. The van der Waals surface area contributed by atoms with Crippen molar-refractivity contribution < 1.29 is 22.7 Å². The molecular weight excluding hydrogens is 374 g/mol. The van der Waals surface area contributed by atoms with Crippen LogP contribution in [0.2, 0.25) is 0 Å². The zero-order valence-electron chi connectivity index (χ0n) is 13.8. The summed E-state index contributed by atoms with van der Waals surface area (Å²) in [7, 11) is -2.95. The van der Waals surface area contributed by atoms with Crippen LogP contribution >= 0.6 is 11.8 Å². The molecule has 0 bridgehead atoms. The van der Waals surface area contributed by atoms with Crippen molar-refractivity contribution in [3.8, 4) is 11.5 Å². The van der Waals surface area contributed by atoms with E-state index in [1.54, 1.807) is 30.3 Å². The van der Waals surface area contributed by atoms with Gasteiger partial charge in [-0.25, -0.2) is 8.42 Å². The van der Waals surface area contributed by atoms with Crippen LogP contribution in [0, 0.1) is 0 Å². The van der Waals surface area contributed by atoms with Crippen molar-refractivity contribution in [3.05, 3.63) is 48.0 Å². The molecule has 1 amide bonds. The number of fused-ring (bicyclic) bond motifs is 1. The maximum atomic E-state index is 12.7. The second-order valence-corrected chi connectivity index (χ2v) is 9.73. The number of ether oxygens (including phenoxy) is 2. The van der Waals surface area contributed by atoms with E-state index in [0.717, 1.165) is 4.90 Å². The maximum absolute atomic E-state index is 12.7. The number of hydrogen-bond acceptors (Lipinski definition) is 6. The molecule has 1 saturated heterocycles. The molecule has 2 aromatic carbocycles. The van der Waals surface area contributed by atoms with E-state index in [1.807, 2.05) is 12.1 Å². The van der Waals surface area contributed by atoms with Gasteiger partial charge in [-0.2, -0.15) is 0 Å². The van der Waals surface area contributed by atoms with Crippen molar-refractivity contribution >= 4 is 33.2 Å². The van der Waals surface area contributed by atoms with E-state index in [4.69, 9.17) is 9.47 Å². The molecule has 6 nitrogen and oxygen atoms in total. The second kappa shape index (κ2) is 6.85. The molecule has 0 saturated carbocycles. The van der Waals surface area contributed by atoms with Crippen LogP contribution in [0.5, 0.6) is 11.5 Å². The Bertz CT molecular complexity index is 958. The molecule has 136 valence electrons. The predicted molar refractivity (Wildman–Crippen MR) is 99.9 cm³/mol. The van der Waals surface area contributed by atoms with E-state index >= 15 is 0 Å². The molecule has 2 heterocycles. The molecule has 2 aliphatic heterocycles. The van der Waals surface area contributed by atoms with E-state index < -0.39 is 9.84 Å². The molecule has 2 aromatic rings. The fourth-order valence-electron chi connectivity index (χ4n) is 2.96.